The summed E-state index contributed by atoms with van der Waals surface area (Å²) in [5, 5.41) is 0. The zero-order valence-electron chi connectivity index (χ0n) is 8.40. The molecule has 0 heteroatoms. The summed E-state index contributed by atoms with van der Waals surface area (Å²) in [6.45, 7) is 11.8. The highest BCUT2D eigenvalue weighted by molar-refractivity contribution is 5.02. The normalized spacial score (nSPS) is 11.3. The fourth-order valence-electron chi connectivity index (χ4n) is 1.06. The second kappa shape index (κ2) is 6.90. The second-order valence-corrected chi connectivity index (χ2v) is 3.39. The summed E-state index contributed by atoms with van der Waals surface area (Å²) in [7, 11) is 0. The molecule has 0 rings (SSSR count). The Morgan fingerprint density at radius 3 is 2.50 bits per heavy atom. The van der Waals surface area contributed by atoms with Crippen molar-refractivity contribution in [3.63, 3.8) is 0 Å². The van der Waals surface area contributed by atoms with Crippen LogP contribution in [0.4, 0.5) is 0 Å². The van der Waals surface area contributed by atoms with E-state index in [1.54, 1.807) is 0 Å². The van der Waals surface area contributed by atoms with Gasteiger partial charge >= 0.3 is 0 Å². The first-order valence-electron chi connectivity index (χ1n) is 4.57. The first-order valence-corrected chi connectivity index (χ1v) is 4.57. The van der Waals surface area contributed by atoms with Crippen LogP contribution in [0.2, 0.25) is 0 Å². The smallest absolute Gasteiger partial charge is 0.0144 e. The molecule has 68 valence electrons. The number of rotatable bonds is 6. The van der Waals surface area contributed by atoms with E-state index in [0.717, 1.165) is 12.8 Å². The Bertz CT molecular complexity index is 172. The summed E-state index contributed by atoms with van der Waals surface area (Å²) >= 11 is 0. The van der Waals surface area contributed by atoms with E-state index >= 15 is 0 Å². The Morgan fingerprint density at radius 2 is 2.00 bits per heavy atom. The predicted molar refractivity (Wildman–Crippen MR) is 57.2 cm³/mol. The van der Waals surface area contributed by atoms with Crippen LogP contribution in [0.5, 0.6) is 0 Å². The molecule has 0 unspecified atom stereocenters. The standard InChI is InChI=1S/C12H20/c1-5-8-12(4)10-7-6-9-11(2)3/h5,10H,1-2,6-9H2,3-4H3/b12-10+. The molecule has 0 aliphatic rings. The number of allylic oxidation sites excluding steroid dienone is 4. The van der Waals surface area contributed by atoms with E-state index in [-0.39, 0.29) is 0 Å². The van der Waals surface area contributed by atoms with Gasteiger partial charge in [-0.15, -0.1) is 13.2 Å². The molecule has 0 fully saturated rings. The van der Waals surface area contributed by atoms with Gasteiger partial charge in [-0.25, -0.2) is 0 Å². The molecule has 0 aliphatic heterocycles. The molecule has 0 nitrogen and oxygen atoms in total. The van der Waals surface area contributed by atoms with E-state index < -0.39 is 0 Å². The minimum absolute atomic E-state index is 1.02. The molecule has 0 N–H and O–H groups in total. The van der Waals surface area contributed by atoms with Gasteiger partial charge in [0, 0.05) is 0 Å². The zero-order chi connectivity index (χ0) is 9.40. The molecule has 0 amide bonds. The van der Waals surface area contributed by atoms with Gasteiger partial charge in [0.1, 0.15) is 0 Å². The topological polar surface area (TPSA) is 0 Å². The first-order chi connectivity index (χ1) is 5.66. The van der Waals surface area contributed by atoms with Gasteiger partial charge in [-0.1, -0.05) is 23.3 Å². The summed E-state index contributed by atoms with van der Waals surface area (Å²) < 4.78 is 0. The summed E-state index contributed by atoms with van der Waals surface area (Å²) in [4.78, 5) is 0. The third-order valence-corrected chi connectivity index (χ3v) is 1.77. The van der Waals surface area contributed by atoms with Crippen molar-refractivity contribution in [3.05, 3.63) is 36.5 Å². The van der Waals surface area contributed by atoms with Crippen molar-refractivity contribution in [3.8, 4) is 0 Å². The minimum Gasteiger partial charge on any atom is -0.103 e. The third-order valence-electron chi connectivity index (χ3n) is 1.77. The van der Waals surface area contributed by atoms with Crippen molar-refractivity contribution >= 4 is 0 Å². The molecule has 0 spiro atoms. The molecule has 0 aromatic carbocycles. The summed E-state index contributed by atoms with van der Waals surface area (Å²) in [6, 6.07) is 0. The highest BCUT2D eigenvalue weighted by atomic mass is 13.9. The predicted octanol–water partition coefficient (Wildman–Crippen LogP) is 4.26. The van der Waals surface area contributed by atoms with Crippen LogP contribution in [-0.2, 0) is 0 Å². The van der Waals surface area contributed by atoms with Crippen molar-refractivity contribution in [2.75, 3.05) is 0 Å². The molecule has 0 aromatic heterocycles. The quantitative estimate of drug-likeness (QED) is 0.406. The van der Waals surface area contributed by atoms with Gasteiger partial charge < -0.3 is 0 Å². The third kappa shape index (κ3) is 7.33. The maximum atomic E-state index is 3.87. The molecular weight excluding hydrogens is 144 g/mol. The van der Waals surface area contributed by atoms with Crippen molar-refractivity contribution < 1.29 is 0 Å². The van der Waals surface area contributed by atoms with Gasteiger partial charge in [-0.2, -0.15) is 0 Å². The summed E-state index contributed by atoms with van der Waals surface area (Å²) in [5.41, 5.74) is 2.71. The molecule has 0 aliphatic carbocycles. The molecule has 0 bridgehead atoms. The van der Waals surface area contributed by atoms with Crippen LogP contribution in [0, 0.1) is 0 Å². The van der Waals surface area contributed by atoms with Crippen LogP contribution in [-0.4, -0.2) is 0 Å². The molecule has 12 heavy (non-hydrogen) atoms. The van der Waals surface area contributed by atoms with Gasteiger partial charge in [0.25, 0.3) is 0 Å². The van der Waals surface area contributed by atoms with Gasteiger partial charge in [0.2, 0.25) is 0 Å². The molecular formula is C12H20. The highest BCUT2D eigenvalue weighted by Gasteiger charge is 1.87. The van der Waals surface area contributed by atoms with Gasteiger partial charge in [0.05, 0.1) is 0 Å². The molecule has 0 radical (unpaired) electrons. The van der Waals surface area contributed by atoms with Crippen LogP contribution < -0.4 is 0 Å². The van der Waals surface area contributed by atoms with Crippen LogP contribution in [0.3, 0.4) is 0 Å². The number of unbranched alkanes of at least 4 members (excludes halogenated alkanes) is 1. The number of hydrogen-bond acceptors (Lipinski definition) is 0. The fourth-order valence-corrected chi connectivity index (χ4v) is 1.06. The molecule has 0 saturated heterocycles. The lowest BCUT2D eigenvalue weighted by Gasteiger charge is -1.97. The second-order valence-electron chi connectivity index (χ2n) is 3.39. The minimum atomic E-state index is 1.02. The van der Waals surface area contributed by atoms with Crippen molar-refractivity contribution in [1.29, 1.82) is 0 Å². The van der Waals surface area contributed by atoms with Crippen LogP contribution >= 0.6 is 0 Å². The maximum Gasteiger partial charge on any atom is -0.0144 e. The lowest BCUT2D eigenvalue weighted by atomic mass is 10.1. The summed E-state index contributed by atoms with van der Waals surface area (Å²) in [6.07, 6.45) is 8.82. The van der Waals surface area contributed by atoms with Gasteiger partial charge in [-0.05, 0) is 39.5 Å². The van der Waals surface area contributed by atoms with E-state index in [9.17, 15) is 0 Å². The van der Waals surface area contributed by atoms with E-state index in [1.165, 1.54) is 24.0 Å². The Labute approximate surface area is 76.7 Å². The summed E-state index contributed by atoms with van der Waals surface area (Å²) in [5.74, 6) is 0. The molecule has 0 saturated carbocycles. The zero-order valence-corrected chi connectivity index (χ0v) is 8.40. The van der Waals surface area contributed by atoms with E-state index in [4.69, 9.17) is 0 Å². The van der Waals surface area contributed by atoms with Crippen LogP contribution in [0.15, 0.2) is 36.5 Å². The van der Waals surface area contributed by atoms with E-state index in [0.29, 0.717) is 0 Å². The van der Waals surface area contributed by atoms with Gasteiger partial charge in [-0.3, -0.25) is 0 Å². The largest absolute Gasteiger partial charge is 0.103 e. The Kier molecular flexibility index (Phi) is 6.45. The van der Waals surface area contributed by atoms with Crippen molar-refractivity contribution in [1.82, 2.24) is 0 Å². The van der Waals surface area contributed by atoms with Crippen LogP contribution in [0.1, 0.15) is 39.5 Å². The highest BCUT2D eigenvalue weighted by Crippen LogP contribution is 2.08. The lowest BCUT2D eigenvalue weighted by molar-refractivity contribution is 0.828. The Morgan fingerprint density at radius 1 is 1.33 bits per heavy atom. The average molecular weight is 164 g/mol. The van der Waals surface area contributed by atoms with Crippen molar-refractivity contribution in [2.45, 2.75) is 39.5 Å². The number of hydrogen-bond donors (Lipinski definition) is 0. The fraction of sp³-hybridized carbons (Fsp3) is 0.500. The molecule has 0 atom stereocenters. The Hall–Kier alpha value is -0.780. The maximum absolute atomic E-state index is 3.87. The Balaban J connectivity index is 3.45. The van der Waals surface area contributed by atoms with E-state index in [2.05, 4.69) is 33.1 Å². The van der Waals surface area contributed by atoms with Gasteiger partial charge in [0.15, 0.2) is 0 Å². The average Bonchev–Trinajstić information content (AvgIpc) is 1.98. The molecule has 0 heterocycles. The lowest BCUT2D eigenvalue weighted by Crippen LogP contribution is -1.77. The van der Waals surface area contributed by atoms with E-state index in [1.807, 2.05) is 6.08 Å². The molecule has 0 aromatic rings. The monoisotopic (exact) mass is 164 g/mol. The van der Waals surface area contributed by atoms with Crippen molar-refractivity contribution in [2.24, 2.45) is 0 Å². The SMILES string of the molecule is C=CC/C(C)=C/CCCC(=C)C. The first kappa shape index (κ1) is 11.2. The van der Waals surface area contributed by atoms with Crippen LogP contribution in [0.25, 0.3) is 0 Å².